The van der Waals surface area contributed by atoms with Gasteiger partial charge < -0.3 is 9.47 Å². The van der Waals surface area contributed by atoms with E-state index in [-0.39, 0.29) is 6.04 Å². The lowest BCUT2D eigenvalue weighted by molar-refractivity contribution is 0.356. The lowest BCUT2D eigenvalue weighted by atomic mass is 9.95. The molecule has 0 radical (unpaired) electrons. The predicted molar refractivity (Wildman–Crippen MR) is 82.5 cm³/mol. The first kappa shape index (κ1) is 13.9. The van der Waals surface area contributed by atoms with Crippen molar-refractivity contribution in [1.82, 2.24) is 5.43 Å². The summed E-state index contributed by atoms with van der Waals surface area (Å²) in [7, 11) is 1.68. The number of aryl methyl sites for hydroxylation is 1. The molecule has 0 aliphatic carbocycles. The van der Waals surface area contributed by atoms with Crippen LogP contribution >= 0.6 is 0 Å². The molecule has 110 valence electrons. The molecule has 3 rings (SSSR count). The maximum Gasteiger partial charge on any atom is 0.124 e. The summed E-state index contributed by atoms with van der Waals surface area (Å²) in [5.41, 5.74) is 7.44. The van der Waals surface area contributed by atoms with Crippen molar-refractivity contribution in [2.75, 3.05) is 13.7 Å². The summed E-state index contributed by atoms with van der Waals surface area (Å²) >= 11 is 0. The minimum absolute atomic E-state index is 0.105. The Bertz CT molecular complexity index is 655. The van der Waals surface area contributed by atoms with Crippen molar-refractivity contribution < 1.29 is 9.47 Å². The van der Waals surface area contributed by atoms with Gasteiger partial charge >= 0.3 is 0 Å². The highest BCUT2D eigenvalue weighted by Gasteiger charge is 2.20. The molecule has 0 spiro atoms. The van der Waals surface area contributed by atoms with E-state index in [4.69, 9.17) is 15.3 Å². The van der Waals surface area contributed by atoms with Crippen LogP contribution in [0.25, 0.3) is 0 Å². The highest BCUT2D eigenvalue weighted by atomic mass is 16.5. The Labute approximate surface area is 124 Å². The quantitative estimate of drug-likeness (QED) is 0.669. The second-order valence-corrected chi connectivity index (χ2v) is 5.31. The molecule has 1 atom stereocenters. The van der Waals surface area contributed by atoms with Crippen molar-refractivity contribution in [3.8, 4) is 11.5 Å². The SMILES string of the molecule is COc1cc(C)ccc1C(NN)c1ccc2c(c1)CCO2. The summed E-state index contributed by atoms with van der Waals surface area (Å²) in [6.45, 7) is 2.80. The fourth-order valence-electron chi connectivity index (χ4n) is 2.81. The Hall–Kier alpha value is -2.04. The van der Waals surface area contributed by atoms with Gasteiger partial charge in [-0.15, -0.1) is 0 Å². The van der Waals surface area contributed by atoms with Gasteiger partial charge in [-0.3, -0.25) is 5.84 Å². The number of methoxy groups -OCH3 is 1. The molecule has 0 fully saturated rings. The lowest BCUT2D eigenvalue weighted by Gasteiger charge is -2.20. The Morgan fingerprint density at radius 3 is 2.86 bits per heavy atom. The molecule has 1 aliphatic rings. The number of benzene rings is 2. The van der Waals surface area contributed by atoms with E-state index < -0.39 is 0 Å². The minimum atomic E-state index is -0.105. The van der Waals surface area contributed by atoms with Crippen LogP contribution in [0.2, 0.25) is 0 Å². The minimum Gasteiger partial charge on any atom is -0.496 e. The molecule has 2 aromatic rings. The number of rotatable bonds is 4. The van der Waals surface area contributed by atoms with Gasteiger partial charge in [-0.1, -0.05) is 24.3 Å². The first-order valence-electron chi connectivity index (χ1n) is 7.09. The summed E-state index contributed by atoms with van der Waals surface area (Å²) in [4.78, 5) is 0. The lowest BCUT2D eigenvalue weighted by Crippen LogP contribution is -2.29. The summed E-state index contributed by atoms with van der Waals surface area (Å²) in [6.07, 6.45) is 0.950. The van der Waals surface area contributed by atoms with Crippen molar-refractivity contribution >= 4 is 0 Å². The zero-order valence-electron chi connectivity index (χ0n) is 12.3. The van der Waals surface area contributed by atoms with E-state index in [0.29, 0.717) is 0 Å². The highest BCUT2D eigenvalue weighted by molar-refractivity contribution is 5.47. The van der Waals surface area contributed by atoms with Gasteiger partial charge in [0, 0.05) is 12.0 Å². The molecule has 2 aromatic carbocycles. The molecule has 0 amide bonds. The molecule has 0 aromatic heterocycles. The molecule has 0 saturated carbocycles. The number of ether oxygens (including phenoxy) is 2. The fraction of sp³-hybridized carbons (Fsp3) is 0.294. The zero-order chi connectivity index (χ0) is 14.8. The standard InChI is InChI=1S/C17H20N2O2/c1-11-3-5-14(16(9-11)20-2)17(19-18)13-4-6-15-12(10-13)7-8-21-15/h3-6,9-10,17,19H,7-8,18H2,1-2H3. The topological polar surface area (TPSA) is 56.5 Å². The average molecular weight is 284 g/mol. The zero-order valence-corrected chi connectivity index (χ0v) is 12.3. The molecule has 1 aliphatic heterocycles. The van der Waals surface area contributed by atoms with Crippen LogP contribution in [0.15, 0.2) is 36.4 Å². The Kier molecular flexibility index (Phi) is 3.82. The Balaban J connectivity index is 2.02. The third kappa shape index (κ3) is 2.60. The molecule has 4 heteroatoms. The number of fused-ring (bicyclic) bond motifs is 1. The number of nitrogens with two attached hydrogens (primary N) is 1. The Morgan fingerprint density at radius 2 is 2.10 bits per heavy atom. The van der Waals surface area contributed by atoms with E-state index >= 15 is 0 Å². The molecular formula is C17H20N2O2. The molecule has 0 saturated heterocycles. The van der Waals surface area contributed by atoms with Gasteiger partial charge in [0.1, 0.15) is 11.5 Å². The molecule has 1 heterocycles. The first-order valence-corrected chi connectivity index (χ1v) is 7.09. The molecule has 1 unspecified atom stereocenters. The number of nitrogens with one attached hydrogen (secondary N) is 1. The third-order valence-corrected chi connectivity index (χ3v) is 3.91. The average Bonchev–Trinajstić information content (AvgIpc) is 2.97. The van der Waals surface area contributed by atoms with Gasteiger partial charge in [0.15, 0.2) is 0 Å². The number of hydrogen-bond donors (Lipinski definition) is 2. The van der Waals surface area contributed by atoms with Gasteiger partial charge in [0.25, 0.3) is 0 Å². The maximum absolute atomic E-state index is 5.81. The van der Waals surface area contributed by atoms with E-state index in [1.165, 1.54) is 5.56 Å². The second kappa shape index (κ2) is 5.76. The molecule has 21 heavy (non-hydrogen) atoms. The molecule has 3 N–H and O–H groups in total. The van der Waals surface area contributed by atoms with Crippen LogP contribution in [-0.4, -0.2) is 13.7 Å². The van der Waals surface area contributed by atoms with Crippen molar-refractivity contribution in [3.05, 3.63) is 58.7 Å². The first-order chi connectivity index (χ1) is 10.2. The van der Waals surface area contributed by atoms with Crippen LogP contribution in [0.4, 0.5) is 0 Å². The van der Waals surface area contributed by atoms with Gasteiger partial charge in [-0.2, -0.15) is 0 Å². The monoisotopic (exact) mass is 284 g/mol. The molecular weight excluding hydrogens is 264 g/mol. The van der Waals surface area contributed by atoms with E-state index in [1.807, 2.05) is 25.1 Å². The van der Waals surface area contributed by atoms with Crippen molar-refractivity contribution in [1.29, 1.82) is 0 Å². The maximum atomic E-state index is 5.81. The normalized spacial score (nSPS) is 14.4. The van der Waals surface area contributed by atoms with Crippen LogP contribution in [0, 0.1) is 6.92 Å². The molecule has 0 bridgehead atoms. The van der Waals surface area contributed by atoms with Gasteiger partial charge in [-0.05, 0) is 35.7 Å². The van der Waals surface area contributed by atoms with E-state index in [1.54, 1.807) is 7.11 Å². The van der Waals surface area contributed by atoms with Gasteiger partial charge in [0.05, 0.1) is 19.8 Å². The predicted octanol–water partition coefficient (Wildman–Crippen LogP) is 2.49. The summed E-state index contributed by atoms with van der Waals surface area (Å²) in [5.74, 6) is 7.63. The highest BCUT2D eigenvalue weighted by Crippen LogP contribution is 2.34. The fourth-order valence-corrected chi connectivity index (χ4v) is 2.81. The summed E-state index contributed by atoms with van der Waals surface area (Å²) < 4.78 is 11.1. The van der Waals surface area contributed by atoms with Crippen LogP contribution in [0.3, 0.4) is 0 Å². The van der Waals surface area contributed by atoms with E-state index in [2.05, 4.69) is 23.6 Å². The number of hydrogen-bond acceptors (Lipinski definition) is 4. The van der Waals surface area contributed by atoms with E-state index in [0.717, 1.165) is 41.2 Å². The van der Waals surface area contributed by atoms with Crippen molar-refractivity contribution in [3.63, 3.8) is 0 Å². The second-order valence-electron chi connectivity index (χ2n) is 5.31. The summed E-state index contributed by atoms with van der Waals surface area (Å²) in [5, 5.41) is 0. The molecule has 4 nitrogen and oxygen atoms in total. The largest absolute Gasteiger partial charge is 0.496 e. The van der Waals surface area contributed by atoms with Crippen LogP contribution < -0.4 is 20.7 Å². The van der Waals surface area contributed by atoms with Gasteiger partial charge in [0.2, 0.25) is 0 Å². The Morgan fingerprint density at radius 1 is 1.24 bits per heavy atom. The van der Waals surface area contributed by atoms with Crippen LogP contribution in [0.5, 0.6) is 11.5 Å². The van der Waals surface area contributed by atoms with Crippen molar-refractivity contribution in [2.24, 2.45) is 5.84 Å². The van der Waals surface area contributed by atoms with Crippen LogP contribution in [-0.2, 0) is 6.42 Å². The van der Waals surface area contributed by atoms with Crippen molar-refractivity contribution in [2.45, 2.75) is 19.4 Å². The van der Waals surface area contributed by atoms with Crippen LogP contribution in [0.1, 0.15) is 28.3 Å². The third-order valence-electron chi connectivity index (χ3n) is 3.91. The van der Waals surface area contributed by atoms with Gasteiger partial charge in [-0.25, -0.2) is 5.43 Å². The smallest absolute Gasteiger partial charge is 0.124 e. The summed E-state index contributed by atoms with van der Waals surface area (Å²) in [6, 6.07) is 12.3. The van der Waals surface area contributed by atoms with E-state index in [9.17, 15) is 0 Å². The number of hydrazine groups is 1.